The quantitative estimate of drug-likeness (QED) is 0.738. The van der Waals surface area contributed by atoms with Crippen LogP contribution in [0.15, 0.2) is 60.8 Å². The molecule has 18 heavy (non-hydrogen) atoms. The van der Waals surface area contributed by atoms with Crippen molar-refractivity contribution in [1.82, 2.24) is 4.98 Å². The second kappa shape index (κ2) is 4.37. The van der Waals surface area contributed by atoms with E-state index >= 15 is 0 Å². The van der Waals surface area contributed by atoms with Crippen molar-refractivity contribution < 1.29 is 9.84 Å². The molecule has 0 spiro atoms. The molecule has 0 radical (unpaired) electrons. The molecule has 2 aromatic carbocycles. The molecule has 1 aromatic heterocycles. The fourth-order valence-corrected chi connectivity index (χ4v) is 1.81. The predicted molar refractivity (Wildman–Crippen MR) is 69.9 cm³/mol. The van der Waals surface area contributed by atoms with E-state index in [0.717, 1.165) is 10.8 Å². The van der Waals surface area contributed by atoms with Gasteiger partial charge in [0.05, 0.1) is 0 Å². The lowest BCUT2D eigenvalue weighted by molar-refractivity contribution is 0.404. The Labute approximate surface area is 104 Å². The van der Waals surface area contributed by atoms with Crippen LogP contribution in [0.1, 0.15) is 0 Å². The van der Waals surface area contributed by atoms with Crippen molar-refractivity contribution in [3.05, 3.63) is 60.8 Å². The number of nitrogens with zero attached hydrogens (tertiary/aromatic N) is 1. The summed E-state index contributed by atoms with van der Waals surface area (Å²) in [6.45, 7) is 0. The zero-order chi connectivity index (χ0) is 12.4. The van der Waals surface area contributed by atoms with Crippen molar-refractivity contribution in [1.29, 1.82) is 0 Å². The van der Waals surface area contributed by atoms with E-state index in [0.29, 0.717) is 11.6 Å². The molecule has 0 unspecified atom stereocenters. The number of aromatic nitrogens is 1. The van der Waals surface area contributed by atoms with E-state index in [9.17, 15) is 5.11 Å². The summed E-state index contributed by atoms with van der Waals surface area (Å²) in [5, 5.41) is 11.9. The molecule has 0 aliphatic carbocycles. The van der Waals surface area contributed by atoms with Crippen LogP contribution < -0.4 is 4.74 Å². The molecule has 0 amide bonds. The van der Waals surface area contributed by atoms with Gasteiger partial charge in [-0.15, -0.1) is 0 Å². The highest BCUT2D eigenvalue weighted by atomic mass is 16.5. The minimum absolute atomic E-state index is 0.111. The van der Waals surface area contributed by atoms with Gasteiger partial charge in [0.15, 0.2) is 11.5 Å². The van der Waals surface area contributed by atoms with Crippen LogP contribution in [0.5, 0.6) is 17.4 Å². The third kappa shape index (κ3) is 1.98. The lowest BCUT2D eigenvalue weighted by Crippen LogP contribution is -1.87. The van der Waals surface area contributed by atoms with Gasteiger partial charge in [-0.05, 0) is 29.0 Å². The first-order chi connectivity index (χ1) is 8.83. The minimum atomic E-state index is 0.111. The van der Waals surface area contributed by atoms with E-state index < -0.39 is 0 Å². The van der Waals surface area contributed by atoms with Crippen molar-refractivity contribution in [2.75, 3.05) is 0 Å². The summed E-state index contributed by atoms with van der Waals surface area (Å²) in [6.07, 6.45) is 1.65. The van der Waals surface area contributed by atoms with Crippen molar-refractivity contribution in [3.8, 4) is 17.4 Å². The highest BCUT2D eigenvalue weighted by Crippen LogP contribution is 2.33. The Bertz CT molecular complexity index is 680. The zero-order valence-corrected chi connectivity index (χ0v) is 9.58. The van der Waals surface area contributed by atoms with Crippen LogP contribution >= 0.6 is 0 Å². The van der Waals surface area contributed by atoms with Crippen molar-refractivity contribution in [3.63, 3.8) is 0 Å². The van der Waals surface area contributed by atoms with Gasteiger partial charge in [-0.1, -0.05) is 30.3 Å². The molecule has 1 heterocycles. The third-order valence-electron chi connectivity index (χ3n) is 2.68. The minimum Gasteiger partial charge on any atom is -0.504 e. The topological polar surface area (TPSA) is 42.4 Å². The average Bonchev–Trinajstić information content (AvgIpc) is 2.41. The van der Waals surface area contributed by atoms with E-state index in [1.807, 2.05) is 36.4 Å². The summed E-state index contributed by atoms with van der Waals surface area (Å²) in [6, 6.07) is 16.7. The Balaban J connectivity index is 2.04. The standard InChI is InChI=1S/C15H11NO2/c17-13-9-11-5-1-2-6-12(11)10-14(13)18-15-7-3-4-8-16-15/h1-10,17H. The average molecular weight is 237 g/mol. The van der Waals surface area contributed by atoms with Gasteiger partial charge < -0.3 is 9.84 Å². The summed E-state index contributed by atoms with van der Waals surface area (Å²) in [7, 11) is 0. The first-order valence-electron chi connectivity index (χ1n) is 5.63. The van der Waals surface area contributed by atoms with E-state index in [1.165, 1.54) is 0 Å². The molecule has 0 atom stereocenters. The maximum atomic E-state index is 9.92. The normalized spacial score (nSPS) is 10.4. The molecule has 0 fully saturated rings. The Kier molecular flexibility index (Phi) is 2.57. The highest BCUT2D eigenvalue weighted by Gasteiger charge is 2.06. The smallest absolute Gasteiger partial charge is 0.219 e. The number of pyridine rings is 1. The number of rotatable bonds is 2. The Morgan fingerprint density at radius 3 is 2.33 bits per heavy atom. The Hall–Kier alpha value is -2.55. The fourth-order valence-electron chi connectivity index (χ4n) is 1.81. The van der Waals surface area contributed by atoms with Crippen LogP contribution in [-0.2, 0) is 0 Å². The van der Waals surface area contributed by atoms with Crippen LogP contribution in [0, 0.1) is 0 Å². The van der Waals surface area contributed by atoms with Crippen LogP contribution in [0.3, 0.4) is 0 Å². The third-order valence-corrected chi connectivity index (χ3v) is 2.68. The van der Waals surface area contributed by atoms with Crippen LogP contribution in [-0.4, -0.2) is 10.1 Å². The molecule has 0 bridgehead atoms. The molecule has 88 valence electrons. The van der Waals surface area contributed by atoms with Gasteiger partial charge in [0.2, 0.25) is 5.88 Å². The number of aromatic hydroxyl groups is 1. The summed E-state index contributed by atoms with van der Waals surface area (Å²) < 4.78 is 5.56. The first-order valence-corrected chi connectivity index (χ1v) is 5.63. The van der Waals surface area contributed by atoms with Crippen molar-refractivity contribution in [2.24, 2.45) is 0 Å². The largest absolute Gasteiger partial charge is 0.504 e. The van der Waals surface area contributed by atoms with E-state index in [-0.39, 0.29) is 5.75 Å². The Morgan fingerprint density at radius 2 is 1.61 bits per heavy atom. The van der Waals surface area contributed by atoms with Gasteiger partial charge in [-0.3, -0.25) is 0 Å². The van der Waals surface area contributed by atoms with E-state index in [1.54, 1.807) is 24.4 Å². The molecule has 0 saturated heterocycles. The molecule has 1 N–H and O–H groups in total. The SMILES string of the molecule is Oc1cc2ccccc2cc1Oc1ccccn1. The molecule has 3 aromatic rings. The lowest BCUT2D eigenvalue weighted by Gasteiger charge is -2.08. The van der Waals surface area contributed by atoms with Gasteiger partial charge in [0, 0.05) is 12.3 Å². The summed E-state index contributed by atoms with van der Waals surface area (Å²) in [5.74, 6) is 0.981. The monoisotopic (exact) mass is 237 g/mol. The van der Waals surface area contributed by atoms with E-state index in [4.69, 9.17) is 4.74 Å². The maximum absolute atomic E-state index is 9.92. The van der Waals surface area contributed by atoms with Crippen LogP contribution in [0.25, 0.3) is 10.8 Å². The maximum Gasteiger partial charge on any atom is 0.219 e. The second-order valence-corrected chi connectivity index (χ2v) is 3.94. The van der Waals surface area contributed by atoms with Crippen LogP contribution in [0.2, 0.25) is 0 Å². The number of hydrogen-bond donors (Lipinski definition) is 1. The molecular formula is C15H11NO2. The van der Waals surface area contributed by atoms with Gasteiger partial charge in [0.25, 0.3) is 0 Å². The number of fused-ring (bicyclic) bond motifs is 1. The predicted octanol–water partition coefficient (Wildman–Crippen LogP) is 3.73. The number of benzene rings is 2. The number of phenols is 1. The molecular weight excluding hydrogens is 226 g/mol. The van der Waals surface area contributed by atoms with Gasteiger partial charge in [-0.2, -0.15) is 0 Å². The molecule has 0 aliphatic heterocycles. The molecule has 3 nitrogen and oxygen atoms in total. The Morgan fingerprint density at radius 1 is 0.889 bits per heavy atom. The lowest BCUT2D eigenvalue weighted by atomic mass is 10.1. The fraction of sp³-hybridized carbons (Fsp3) is 0. The summed E-state index contributed by atoms with van der Waals surface area (Å²) >= 11 is 0. The van der Waals surface area contributed by atoms with Gasteiger partial charge in [0.1, 0.15) is 0 Å². The van der Waals surface area contributed by atoms with E-state index in [2.05, 4.69) is 4.98 Å². The molecule has 3 heteroatoms. The first kappa shape index (κ1) is 10.6. The zero-order valence-electron chi connectivity index (χ0n) is 9.58. The number of hydrogen-bond acceptors (Lipinski definition) is 3. The highest BCUT2D eigenvalue weighted by molar-refractivity contribution is 5.85. The molecule has 0 saturated carbocycles. The summed E-state index contributed by atoms with van der Waals surface area (Å²) in [4.78, 5) is 4.06. The van der Waals surface area contributed by atoms with Crippen molar-refractivity contribution in [2.45, 2.75) is 0 Å². The molecule has 3 rings (SSSR count). The van der Waals surface area contributed by atoms with Crippen LogP contribution in [0.4, 0.5) is 0 Å². The summed E-state index contributed by atoms with van der Waals surface area (Å²) in [5.41, 5.74) is 0. The number of phenolic OH excluding ortho intramolecular Hbond substituents is 1. The molecule has 0 aliphatic rings. The van der Waals surface area contributed by atoms with Gasteiger partial charge in [-0.25, -0.2) is 4.98 Å². The second-order valence-electron chi connectivity index (χ2n) is 3.94. The number of ether oxygens (including phenoxy) is 1. The van der Waals surface area contributed by atoms with Crippen molar-refractivity contribution >= 4 is 10.8 Å². The van der Waals surface area contributed by atoms with Gasteiger partial charge >= 0.3 is 0 Å².